The topological polar surface area (TPSA) is 49.9 Å². The van der Waals surface area contributed by atoms with E-state index in [1.807, 2.05) is 61.5 Å². The molecular formula is C20H22N2O3. The number of hydrogen-bond acceptors (Lipinski definition) is 3. The van der Waals surface area contributed by atoms with Gasteiger partial charge in [0, 0.05) is 25.2 Å². The number of carbonyl (C=O) groups is 2. The SMILES string of the molecule is CCN1CCN(CCOc2ccccc2-c2ccccc2)C(=O)C1=O. The lowest BCUT2D eigenvalue weighted by Crippen LogP contribution is -2.54. The van der Waals surface area contributed by atoms with Crippen molar-refractivity contribution in [2.24, 2.45) is 0 Å². The summed E-state index contributed by atoms with van der Waals surface area (Å²) in [5.74, 6) is -0.0776. The Labute approximate surface area is 147 Å². The van der Waals surface area contributed by atoms with E-state index in [0.717, 1.165) is 16.9 Å². The zero-order valence-corrected chi connectivity index (χ0v) is 14.4. The van der Waals surface area contributed by atoms with Gasteiger partial charge in [-0.3, -0.25) is 9.59 Å². The number of rotatable bonds is 6. The molecule has 5 nitrogen and oxygen atoms in total. The first kappa shape index (κ1) is 17.0. The van der Waals surface area contributed by atoms with Crippen LogP contribution in [0.5, 0.6) is 5.75 Å². The molecule has 130 valence electrons. The van der Waals surface area contributed by atoms with Crippen molar-refractivity contribution in [2.45, 2.75) is 6.92 Å². The maximum Gasteiger partial charge on any atom is 0.312 e. The van der Waals surface area contributed by atoms with Crippen LogP contribution in [0, 0.1) is 0 Å². The minimum atomic E-state index is -0.437. The molecule has 5 heteroatoms. The lowest BCUT2D eigenvalue weighted by molar-refractivity contribution is -0.156. The van der Waals surface area contributed by atoms with Gasteiger partial charge in [-0.05, 0) is 18.6 Å². The van der Waals surface area contributed by atoms with Gasteiger partial charge >= 0.3 is 11.8 Å². The predicted molar refractivity (Wildman–Crippen MR) is 96.2 cm³/mol. The van der Waals surface area contributed by atoms with Crippen molar-refractivity contribution in [1.82, 2.24) is 9.80 Å². The average Bonchev–Trinajstić information content (AvgIpc) is 2.66. The van der Waals surface area contributed by atoms with E-state index < -0.39 is 11.8 Å². The first-order valence-corrected chi connectivity index (χ1v) is 8.56. The molecule has 0 aromatic heterocycles. The van der Waals surface area contributed by atoms with E-state index >= 15 is 0 Å². The second-order valence-electron chi connectivity index (χ2n) is 5.89. The second kappa shape index (κ2) is 7.83. The molecule has 1 aliphatic rings. The Kier molecular flexibility index (Phi) is 5.33. The zero-order valence-electron chi connectivity index (χ0n) is 14.4. The molecule has 1 heterocycles. The van der Waals surface area contributed by atoms with E-state index in [1.165, 1.54) is 0 Å². The number of amides is 2. The normalized spacial score (nSPS) is 14.8. The van der Waals surface area contributed by atoms with Crippen LogP contribution < -0.4 is 4.74 Å². The zero-order chi connectivity index (χ0) is 17.6. The van der Waals surface area contributed by atoms with Crippen molar-refractivity contribution in [1.29, 1.82) is 0 Å². The van der Waals surface area contributed by atoms with Crippen molar-refractivity contribution >= 4 is 11.8 Å². The molecule has 1 fully saturated rings. The van der Waals surface area contributed by atoms with Gasteiger partial charge in [0.15, 0.2) is 0 Å². The van der Waals surface area contributed by atoms with Crippen LogP contribution in [0.2, 0.25) is 0 Å². The van der Waals surface area contributed by atoms with Gasteiger partial charge in [0.05, 0.1) is 6.54 Å². The first-order valence-electron chi connectivity index (χ1n) is 8.56. The Balaban J connectivity index is 1.62. The molecule has 0 bridgehead atoms. The number of ether oxygens (including phenoxy) is 1. The van der Waals surface area contributed by atoms with Gasteiger partial charge < -0.3 is 14.5 Å². The number of para-hydroxylation sites is 1. The van der Waals surface area contributed by atoms with Crippen LogP contribution in [-0.2, 0) is 9.59 Å². The molecule has 0 saturated carbocycles. The van der Waals surface area contributed by atoms with Gasteiger partial charge in [0.25, 0.3) is 0 Å². The number of piperazine rings is 1. The lowest BCUT2D eigenvalue weighted by atomic mass is 10.1. The van der Waals surface area contributed by atoms with Crippen LogP contribution in [0.25, 0.3) is 11.1 Å². The van der Waals surface area contributed by atoms with Gasteiger partial charge in [0.1, 0.15) is 12.4 Å². The van der Waals surface area contributed by atoms with Crippen LogP contribution in [0.1, 0.15) is 6.92 Å². The van der Waals surface area contributed by atoms with Crippen LogP contribution in [0.3, 0.4) is 0 Å². The van der Waals surface area contributed by atoms with Gasteiger partial charge in [0.2, 0.25) is 0 Å². The first-order chi connectivity index (χ1) is 12.2. The summed E-state index contributed by atoms with van der Waals surface area (Å²) in [6.45, 7) is 4.36. The molecule has 0 unspecified atom stereocenters. The Morgan fingerprint density at radius 1 is 0.880 bits per heavy atom. The quantitative estimate of drug-likeness (QED) is 0.760. The summed E-state index contributed by atoms with van der Waals surface area (Å²) < 4.78 is 5.91. The lowest BCUT2D eigenvalue weighted by Gasteiger charge is -2.33. The molecule has 25 heavy (non-hydrogen) atoms. The molecule has 2 aromatic rings. The van der Waals surface area contributed by atoms with Gasteiger partial charge in [-0.15, -0.1) is 0 Å². The van der Waals surface area contributed by atoms with E-state index in [1.54, 1.807) is 9.80 Å². The standard InChI is InChI=1S/C20H22N2O3/c1-2-21-12-13-22(20(24)19(21)23)14-15-25-18-11-7-6-10-17(18)16-8-4-3-5-9-16/h3-11H,2,12-15H2,1H3. The second-order valence-corrected chi connectivity index (χ2v) is 5.89. The van der Waals surface area contributed by atoms with Crippen LogP contribution in [0.4, 0.5) is 0 Å². The minimum Gasteiger partial charge on any atom is -0.491 e. The fourth-order valence-electron chi connectivity index (χ4n) is 2.94. The monoisotopic (exact) mass is 338 g/mol. The third-order valence-corrected chi connectivity index (χ3v) is 4.37. The van der Waals surface area contributed by atoms with E-state index in [2.05, 4.69) is 0 Å². The summed E-state index contributed by atoms with van der Waals surface area (Å²) in [7, 11) is 0. The number of carbonyl (C=O) groups excluding carboxylic acids is 2. The Morgan fingerprint density at radius 3 is 2.28 bits per heavy atom. The maximum atomic E-state index is 12.1. The number of likely N-dealkylation sites (N-methyl/N-ethyl adjacent to an activating group) is 1. The third kappa shape index (κ3) is 3.82. The smallest absolute Gasteiger partial charge is 0.312 e. The van der Waals surface area contributed by atoms with E-state index in [-0.39, 0.29) is 0 Å². The van der Waals surface area contributed by atoms with Crippen molar-refractivity contribution in [3.05, 3.63) is 54.6 Å². The van der Waals surface area contributed by atoms with Gasteiger partial charge in [-0.25, -0.2) is 0 Å². The number of hydrogen-bond donors (Lipinski definition) is 0. The summed E-state index contributed by atoms with van der Waals surface area (Å²) in [6, 6.07) is 17.9. The molecule has 2 aromatic carbocycles. The van der Waals surface area contributed by atoms with E-state index in [0.29, 0.717) is 32.8 Å². The van der Waals surface area contributed by atoms with Crippen molar-refractivity contribution < 1.29 is 14.3 Å². The molecule has 0 N–H and O–H groups in total. The summed E-state index contributed by atoms with van der Waals surface area (Å²) in [5, 5.41) is 0. The van der Waals surface area contributed by atoms with Crippen molar-refractivity contribution in [3.8, 4) is 16.9 Å². The van der Waals surface area contributed by atoms with E-state index in [4.69, 9.17) is 4.74 Å². The van der Waals surface area contributed by atoms with Crippen LogP contribution >= 0.6 is 0 Å². The summed E-state index contributed by atoms with van der Waals surface area (Å²) in [6.07, 6.45) is 0. The fourth-order valence-corrected chi connectivity index (χ4v) is 2.94. The van der Waals surface area contributed by atoms with Crippen molar-refractivity contribution in [2.75, 3.05) is 32.8 Å². The number of benzene rings is 2. The Morgan fingerprint density at radius 2 is 1.52 bits per heavy atom. The van der Waals surface area contributed by atoms with Crippen LogP contribution in [-0.4, -0.2) is 54.4 Å². The minimum absolute atomic E-state index is 0.356. The fraction of sp³-hybridized carbons (Fsp3) is 0.300. The molecule has 0 radical (unpaired) electrons. The molecule has 0 atom stereocenters. The van der Waals surface area contributed by atoms with Gasteiger partial charge in [-0.1, -0.05) is 48.5 Å². The Hall–Kier alpha value is -2.82. The highest BCUT2D eigenvalue weighted by Gasteiger charge is 2.31. The highest BCUT2D eigenvalue weighted by Crippen LogP contribution is 2.29. The molecule has 0 spiro atoms. The van der Waals surface area contributed by atoms with E-state index in [9.17, 15) is 9.59 Å². The predicted octanol–water partition coefficient (Wildman–Crippen LogP) is 2.42. The van der Waals surface area contributed by atoms with Gasteiger partial charge in [-0.2, -0.15) is 0 Å². The Bertz CT molecular complexity index is 746. The average molecular weight is 338 g/mol. The largest absolute Gasteiger partial charge is 0.491 e. The highest BCUT2D eigenvalue weighted by atomic mass is 16.5. The number of nitrogens with zero attached hydrogens (tertiary/aromatic N) is 2. The molecule has 0 aliphatic carbocycles. The third-order valence-electron chi connectivity index (χ3n) is 4.37. The van der Waals surface area contributed by atoms with Crippen molar-refractivity contribution in [3.63, 3.8) is 0 Å². The van der Waals surface area contributed by atoms with Crippen LogP contribution in [0.15, 0.2) is 54.6 Å². The molecule has 1 aliphatic heterocycles. The summed E-state index contributed by atoms with van der Waals surface area (Å²) in [4.78, 5) is 27.2. The maximum absolute atomic E-state index is 12.1. The molecule has 2 amide bonds. The molecular weight excluding hydrogens is 316 g/mol. The highest BCUT2D eigenvalue weighted by molar-refractivity contribution is 6.35. The molecule has 1 saturated heterocycles. The summed E-state index contributed by atoms with van der Waals surface area (Å²) >= 11 is 0. The molecule has 3 rings (SSSR count). The summed E-state index contributed by atoms with van der Waals surface area (Å²) in [5.41, 5.74) is 2.10.